The van der Waals surface area contributed by atoms with E-state index in [0.717, 1.165) is 0 Å². The van der Waals surface area contributed by atoms with Crippen molar-refractivity contribution in [1.29, 1.82) is 0 Å². The summed E-state index contributed by atoms with van der Waals surface area (Å²) in [6.07, 6.45) is -13.1. The quantitative estimate of drug-likeness (QED) is 0.451. The summed E-state index contributed by atoms with van der Waals surface area (Å²) in [7, 11) is 0. The van der Waals surface area contributed by atoms with Gasteiger partial charge >= 0.3 is 12.4 Å². The maximum absolute atomic E-state index is 13.6. The van der Waals surface area contributed by atoms with Crippen molar-refractivity contribution in [1.82, 2.24) is 15.2 Å². The summed E-state index contributed by atoms with van der Waals surface area (Å²) in [6.45, 7) is -0.449. The van der Waals surface area contributed by atoms with Crippen molar-refractivity contribution >= 4 is 12.1 Å². The van der Waals surface area contributed by atoms with Gasteiger partial charge in [-0.05, 0) is 25.3 Å². The van der Waals surface area contributed by atoms with Crippen LogP contribution in [-0.4, -0.2) is 50.7 Å². The van der Waals surface area contributed by atoms with Crippen LogP contribution in [0.15, 0.2) is 10.5 Å². The van der Waals surface area contributed by atoms with Crippen molar-refractivity contribution in [2.75, 3.05) is 11.9 Å². The zero-order valence-electron chi connectivity index (χ0n) is 16.0. The number of carbonyl (C=O) groups excluding carboxylic acids is 1. The Hall–Kier alpha value is -2.94. The third kappa shape index (κ3) is 4.62. The number of amides is 1. The molecule has 0 saturated heterocycles. The SMILES string of the molecule is O=CNc1cc(C(F)(F)F)c2nc1-c1nnc(o1)C(O)(C(F)(F)F)CCCC(O)CCO2. The number of fused-ring (bicyclic) bond motifs is 5. The Morgan fingerprint density at radius 2 is 1.91 bits per heavy atom. The summed E-state index contributed by atoms with van der Waals surface area (Å²) < 4.78 is 91.2. The molecule has 9 nitrogen and oxygen atoms in total. The Morgan fingerprint density at radius 3 is 2.53 bits per heavy atom. The number of aromatic nitrogens is 3. The molecule has 15 heteroatoms. The van der Waals surface area contributed by atoms with Gasteiger partial charge in [0.1, 0.15) is 5.56 Å². The number of ether oxygens (including phenoxy) is 1. The van der Waals surface area contributed by atoms with Crippen LogP contribution in [0.25, 0.3) is 11.6 Å². The molecular weight excluding hydrogens is 454 g/mol. The fourth-order valence-corrected chi connectivity index (χ4v) is 3.03. The predicted octanol–water partition coefficient (Wildman–Crippen LogP) is 2.78. The monoisotopic (exact) mass is 470 g/mol. The Labute approximate surface area is 175 Å². The third-order valence-electron chi connectivity index (χ3n) is 4.72. The maximum atomic E-state index is 13.6. The first-order chi connectivity index (χ1) is 14.9. The van der Waals surface area contributed by atoms with Crippen molar-refractivity contribution in [2.45, 2.75) is 49.7 Å². The second kappa shape index (κ2) is 8.54. The van der Waals surface area contributed by atoms with Gasteiger partial charge in [-0.25, -0.2) is 4.98 Å². The topological polar surface area (TPSA) is 131 Å². The Balaban J connectivity index is 2.21. The molecule has 1 aliphatic heterocycles. The number of nitrogens with zero attached hydrogens (tertiary/aromatic N) is 3. The fourth-order valence-electron chi connectivity index (χ4n) is 3.03. The fraction of sp³-hybridized carbons (Fsp3) is 0.529. The number of halogens is 6. The Bertz CT molecular complexity index is 979. The normalized spacial score (nSPS) is 22.6. The van der Waals surface area contributed by atoms with E-state index in [1.165, 1.54) is 0 Å². The molecule has 0 fully saturated rings. The van der Waals surface area contributed by atoms with E-state index in [0.29, 0.717) is 6.07 Å². The Kier molecular flexibility index (Phi) is 6.33. The molecule has 0 aromatic carbocycles. The average Bonchev–Trinajstić information content (AvgIpc) is 3.17. The van der Waals surface area contributed by atoms with Gasteiger partial charge in [0.15, 0.2) is 5.69 Å². The number of aliphatic hydroxyl groups is 2. The summed E-state index contributed by atoms with van der Waals surface area (Å²) in [5.41, 5.74) is -6.18. The molecule has 0 radical (unpaired) electrons. The van der Waals surface area contributed by atoms with Crippen LogP contribution >= 0.6 is 0 Å². The molecule has 2 aromatic rings. The van der Waals surface area contributed by atoms with Crippen LogP contribution in [0.3, 0.4) is 0 Å². The second-order valence-corrected chi connectivity index (χ2v) is 6.95. The lowest BCUT2D eigenvalue weighted by Gasteiger charge is -2.27. The molecule has 32 heavy (non-hydrogen) atoms. The van der Waals surface area contributed by atoms with Gasteiger partial charge in [0.25, 0.3) is 11.8 Å². The highest BCUT2D eigenvalue weighted by Crippen LogP contribution is 2.44. The molecule has 0 aliphatic carbocycles. The van der Waals surface area contributed by atoms with Crippen LogP contribution in [-0.2, 0) is 16.6 Å². The minimum absolute atomic E-state index is 0.0131. The molecule has 3 N–H and O–H groups in total. The highest BCUT2D eigenvalue weighted by Gasteiger charge is 2.58. The van der Waals surface area contributed by atoms with Gasteiger partial charge in [-0.3, -0.25) is 4.79 Å². The number of anilines is 1. The number of nitrogens with one attached hydrogen (secondary N) is 1. The first kappa shape index (κ1) is 23.7. The van der Waals surface area contributed by atoms with Gasteiger partial charge in [-0.15, -0.1) is 10.2 Å². The van der Waals surface area contributed by atoms with Crippen molar-refractivity contribution in [3.05, 3.63) is 17.5 Å². The summed E-state index contributed by atoms with van der Waals surface area (Å²) in [5.74, 6) is -3.03. The highest BCUT2D eigenvalue weighted by atomic mass is 19.4. The third-order valence-corrected chi connectivity index (χ3v) is 4.72. The van der Waals surface area contributed by atoms with Gasteiger partial charge in [-0.2, -0.15) is 26.3 Å². The van der Waals surface area contributed by atoms with E-state index in [-0.39, 0.29) is 25.7 Å². The van der Waals surface area contributed by atoms with E-state index >= 15 is 0 Å². The van der Waals surface area contributed by atoms with Crippen LogP contribution in [0.5, 0.6) is 5.88 Å². The number of alkyl halides is 6. The van der Waals surface area contributed by atoms with Gasteiger partial charge in [0.2, 0.25) is 17.9 Å². The Morgan fingerprint density at radius 1 is 1.19 bits per heavy atom. The molecule has 0 saturated carbocycles. The molecule has 3 heterocycles. The van der Waals surface area contributed by atoms with E-state index in [4.69, 9.17) is 9.15 Å². The molecule has 1 aliphatic rings. The molecular formula is C17H16F6N4O5. The number of hydrogen-bond acceptors (Lipinski definition) is 8. The van der Waals surface area contributed by atoms with Crippen molar-refractivity contribution in [3.63, 3.8) is 0 Å². The van der Waals surface area contributed by atoms with Crippen molar-refractivity contribution < 1.29 is 50.5 Å². The lowest BCUT2D eigenvalue weighted by atomic mass is 9.94. The molecule has 2 unspecified atom stereocenters. The summed E-state index contributed by atoms with van der Waals surface area (Å²) >= 11 is 0. The van der Waals surface area contributed by atoms with E-state index in [2.05, 4.69) is 15.2 Å². The van der Waals surface area contributed by atoms with Gasteiger partial charge in [-0.1, -0.05) is 0 Å². The second-order valence-electron chi connectivity index (χ2n) is 6.95. The first-order valence-electron chi connectivity index (χ1n) is 9.13. The molecule has 0 spiro atoms. The van der Waals surface area contributed by atoms with Gasteiger partial charge in [0.05, 0.1) is 18.4 Å². The van der Waals surface area contributed by atoms with Crippen LogP contribution in [0.4, 0.5) is 32.0 Å². The molecule has 176 valence electrons. The van der Waals surface area contributed by atoms with Crippen molar-refractivity contribution in [2.24, 2.45) is 0 Å². The average molecular weight is 470 g/mol. The standard InChI is InChI=1S/C17H16F6N4O5/c18-16(19,20)9-6-10(24-7-28)11-13-26-27-14(32-13)15(30,17(21,22)23)4-1-2-8(29)3-5-31-12(9)25-11/h6-8,29-30H,1-5H2,(H,24,28). The summed E-state index contributed by atoms with van der Waals surface area (Å²) in [6, 6.07) is 0.439. The minimum atomic E-state index is -5.25. The lowest BCUT2D eigenvalue weighted by molar-refractivity contribution is -0.277. The molecule has 2 atom stereocenters. The van der Waals surface area contributed by atoms with E-state index < -0.39 is 71.7 Å². The zero-order valence-corrected chi connectivity index (χ0v) is 16.0. The summed E-state index contributed by atoms with van der Waals surface area (Å²) in [4.78, 5) is 14.5. The minimum Gasteiger partial charge on any atom is -0.477 e. The van der Waals surface area contributed by atoms with E-state index in [1.807, 2.05) is 5.32 Å². The number of carbonyl (C=O) groups is 1. The molecule has 1 amide bonds. The number of hydrogen-bond donors (Lipinski definition) is 3. The molecule has 3 rings (SSSR count). The molecule has 4 bridgehead atoms. The number of aliphatic hydroxyl groups excluding tert-OH is 1. The van der Waals surface area contributed by atoms with Crippen LogP contribution in [0.1, 0.15) is 37.1 Å². The van der Waals surface area contributed by atoms with Crippen LogP contribution in [0.2, 0.25) is 0 Å². The first-order valence-corrected chi connectivity index (χ1v) is 9.13. The predicted molar refractivity (Wildman–Crippen MR) is 92.1 cm³/mol. The summed E-state index contributed by atoms with van der Waals surface area (Å²) in [5, 5.41) is 28.7. The highest BCUT2D eigenvalue weighted by molar-refractivity contribution is 5.81. The van der Waals surface area contributed by atoms with E-state index in [9.17, 15) is 41.4 Å². The zero-order chi connectivity index (χ0) is 23.7. The van der Waals surface area contributed by atoms with Crippen LogP contribution in [0, 0.1) is 0 Å². The smallest absolute Gasteiger partial charge is 0.426 e. The largest absolute Gasteiger partial charge is 0.477 e. The molecule has 2 aromatic heterocycles. The van der Waals surface area contributed by atoms with Gasteiger partial charge < -0.3 is 24.7 Å². The van der Waals surface area contributed by atoms with E-state index in [1.54, 1.807) is 0 Å². The number of rotatable bonds is 2. The van der Waals surface area contributed by atoms with Crippen molar-refractivity contribution in [3.8, 4) is 17.5 Å². The van der Waals surface area contributed by atoms with Gasteiger partial charge in [0, 0.05) is 6.42 Å². The maximum Gasteiger partial charge on any atom is 0.426 e. The lowest BCUT2D eigenvalue weighted by Crippen LogP contribution is -2.42. The van der Waals surface area contributed by atoms with Crippen LogP contribution < -0.4 is 10.1 Å². The number of pyridine rings is 1.